The molecular weight excluding hydrogens is 274 g/mol. The van der Waals surface area contributed by atoms with Crippen molar-refractivity contribution in [3.63, 3.8) is 0 Å². The Morgan fingerprint density at radius 1 is 1.32 bits per heavy atom. The van der Waals surface area contributed by atoms with E-state index in [1.807, 2.05) is 12.1 Å². The molecule has 0 amide bonds. The van der Waals surface area contributed by atoms with Crippen LogP contribution in [0.3, 0.4) is 0 Å². The lowest BCUT2D eigenvalue weighted by Crippen LogP contribution is -2.25. The van der Waals surface area contributed by atoms with E-state index in [2.05, 4.69) is 35.0 Å². The van der Waals surface area contributed by atoms with Crippen molar-refractivity contribution >= 4 is 5.82 Å². The first-order valence-electron chi connectivity index (χ1n) is 7.96. The molecule has 2 saturated carbocycles. The molecule has 2 atom stereocenters. The van der Waals surface area contributed by atoms with Crippen molar-refractivity contribution in [2.24, 2.45) is 5.92 Å². The van der Waals surface area contributed by atoms with Gasteiger partial charge in [0.1, 0.15) is 23.4 Å². The van der Waals surface area contributed by atoms with E-state index in [4.69, 9.17) is 9.68 Å². The van der Waals surface area contributed by atoms with Gasteiger partial charge in [0.05, 0.1) is 12.1 Å². The first-order valence-corrected chi connectivity index (χ1v) is 7.96. The highest BCUT2D eigenvalue weighted by molar-refractivity contribution is 5.44. The molecule has 4 nitrogen and oxygen atoms in total. The summed E-state index contributed by atoms with van der Waals surface area (Å²) in [6.07, 6.45) is 5.30. The first kappa shape index (κ1) is 13.4. The second-order valence-corrected chi connectivity index (χ2v) is 6.50. The molecule has 0 N–H and O–H groups in total. The zero-order valence-electron chi connectivity index (χ0n) is 12.7. The third-order valence-electron chi connectivity index (χ3n) is 4.64. The second-order valence-electron chi connectivity index (χ2n) is 6.50. The molecule has 2 fully saturated rings. The van der Waals surface area contributed by atoms with Gasteiger partial charge in [-0.2, -0.15) is 5.26 Å². The lowest BCUT2D eigenvalue weighted by atomic mass is 10.2. The molecule has 0 radical (unpaired) electrons. The minimum absolute atomic E-state index is 0.550. The van der Waals surface area contributed by atoms with Crippen LogP contribution in [0.15, 0.2) is 34.9 Å². The highest BCUT2D eigenvalue weighted by atomic mass is 16.3. The molecule has 112 valence electrons. The molecule has 2 aromatic heterocycles. The fourth-order valence-corrected chi connectivity index (χ4v) is 2.97. The minimum Gasteiger partial charge on any atom is -0.464 e. The normalized spacial score (nSPS) is 23.1. The number of anilines is 1. The largest absolute Gasteiger partial charge is 0.464 e. The van der Waals surface area contributed by atoms with Gasteiger partial charge in [-0.05, 0) is 49.4 Å². The Balaban J connectivity index is 1.52. The fourth-order valence-electron chi connectivity index (χ4n) is 2.97. The van der Waals surface area contributed by atoms with Crippen molar-refractivity contribution in [1.29, 1.82) is 5.26 Å². The average Bonchev–Trinajstić information content (AvgIpc) is 3.46. The third-order valence-corrected chi connectivity index (χ3v) is 4.64. The van der Waals surface area contributed by atoms with Crippen molar-refractivity contribution in [2.45, 2.75) is 44.7 Å². The van der Waals surface area contributed by atoms with E-state index >= 15 is 0 Å². The monoisotopic (exact) mass is 293 g/mol. The van der Waals surface area contributed by atoms with Crippen LogP contribution in [0.4, 0.5) is 5.82 Å². The van der Waals surface area contributed by atoms with Crippen LogP contribution in [0.5, 0.6) is 0 Å². The van der Waals surface area contributed by atoms with Gasteiger partial charge in [0.2, 0.25) is 0 Å². The van der Waals surface area contributed by atoms with Crippen LogP contribution < -0.4 is 4.90 Å². The van der Waals surface area contributed by atoms with Gasteiger partial charge in [0.15, 0.2) is 0 Å². The molecule has 4 heteroatoms. The van der Waals surface area contributed by atoms with Gasteiger partial charge < -0.3 is 9.32 Å². The minimum atomic E-state index is 0.550. The lowest BCUT2D eigenvalue weighted by Gasteiger charge is -2.22. The maximum atomic E-state index is 8.89. The standard InChI is InChI=1S/C18H19N3O/c1-12-8-16(12)17-6-5-15(22-17)11-21(14-3-4-14)18-7-2-13(9-19)10-20-18/h2,5-7,10,12,14,16H,3-4,8,11H2,1H3/t12-,16-/m1/s1. The number of hydrogen-bond donors (Lipinski definition) is 0. The molecule has 0 saturated heterocycles. The molecule has 0 unspecified atom stereocenters. The zero-order chi connectivity index (χ0) is 15.1. The van der Waals surface area contributed by atoms with E-state index in [1.165, 1.54) is 19.3 Å². The third kappa shape index (κ3) is 2.59. The number of furan rings is 1. The Hall–Kier alpha value is -2.28. The van der Waals surface area contributed by atoms with Crippen LogP contribution in [0.1, 0.15) is 49.2 Å². The summed E-state index contributed by atoms with van der Waals surface area (Å²) in [5.74, 6) is 4.45. The Morgan fingerprint density at radius 3 is 2.73 bits per heavy atom. The van der Waals surface area contributed by atoms with Crippen LogP contribution in [0, 0.1) is 17.2 Å². The van der Waals surface area contributed by atoms with Crippen LogP contribution in [0.25, 0.3) is 0 Å². The summed E-state index contributed by atoms with van der Waals surface area (Å²) in [6, 6.07) is 10.7. The Kier molecular flexibility index (Phi) is 3.15. The van der Waals surface area contributed by atoms with Crippen LogP contribution in [-0.2, 0) is 6.54 Å². The van der Waals surface area contributed by atoms with Crippen LogP contribution in [-0.4, -0.2) is 11.0 Å². The molecule has 2 aliphatic rings. The summed E-state index contributed by atoms with van der Waals surface area (Å²) >= 11 is 0. The van der Waals surface area contributed by atoms with E-state index in [1.54, 1.807) is 6.20 Å². The average molecular weight is 293 g/mol. The smallest absolute Gasteiger partial charge is 0.129 e. The van der Waals surface area contributed by atoms with Gasteiger partial charge in [-0.15, -0.1) is 0 Å². The SMILES string of the molecule is C[C@@H]1C[C@H]1c1ccc(CN(c2ccc(C#N)cn2)C2CC2)o1. The summed E-state index contributed by atoms with van der Waals surface area (Å²) in [5.41, 5.74) is 0.600. The molecule has 0 spiro atoms. The predicted molar refractivity (Wildman–Crippen MR) is 83.4 cm³/mol. The Labute approximate surface area is 130 Å². The van der Waals surface area contributed by atoms with E-state index in [-0.39, 0.29) is 0 Å². The fraction of sp³-hybridized carbons (Fsp3) is 0.444. The first-order chi connectivity index (χ1) is 10.7. The summed E-state index contributed by atoms with van der Waals surface area (Å²) in [5, 5.41) is 8.89. The number of pyridine rings is 1. The van der Waals surface area contributed by atoms with Crippen molar-refractivity contribution in [2.75, 3.05) is 4.90 Å². The highest BCUT2D eigenvalue weighted by Crippen LogP contribution is 2.47. The topological polar surface area (TPSA) is 53.1 Å². The van der Waals surface area contributed by atoms with E-state index < -0.39 is 0 Å². The van der Waals surface area contributed by atoms with Crippen molar-refractivity contribution in [3.8, 4) is 6.07 Å². The quantitative estimate of drug-likeness (QED) is 0.840. The Morgan fingerprint density at radius 2 is 2.14 bits per heavy atom. The van der Waals surface area contributed by atoms with E-state index in [0.29, 0.717) is 17.5 Å². The van der Waals surface area contributed by atoms with E-state index in [9.17, 15) is 0 Å². The molecule has 0 bridgehead atoms. The van der Waals surface area contributed by atoms with Crippen molar-refractivity contribution < 1.29 is 4.42 Å². The summed E-state index contributed by atoms with van der Waals surface area (Å²) in [6.45, 7) is 3.02. The van der Waals surface area contributed by atoms with Gasteiger partial charge in [-0.25, -0.2) is 4.98 Å². The maximum Gasteiger partial charge on any atom is 0.129 e. The number of rotatable bonds is 5. The lowest BCUT2D eigenvalue weighted by molar-refractivity contribution is 0.456. The van der Waals surface area contributed by atoms with E-state index in [0.717, 1.165) is 29.8 Å². The Bertz CT molecular complexity index is 709. The van der Waals surface area contributed by atoms with Crippen LogP contribution >= 0.6 is 0 Å². The second kappa shape index (κ2) is 5.17. The number of hydrogen-bond acceptors (Lipinski definition) is 4. The zero-order valence-corrected chi connectivity index (χ0v) is 12.7. The predicted octanol–water partition coefficient (Wildman–Crippen LogP) is 3.84. The number of nitrogens with zero attached hydrogens (tertiary/aromatic N) is 3. The van der Waals surface area contributed by atoms with Gasteiger partial charge >= 0.3 is 0 Å². The molecule has 2 heterocycles. The van der Waals surface area contributed by atoms with Gasteiger partial charge in [0.25, 0.3) is 0 Å². The molecule has 4 rings (SSSR count). The van der Waals surface area contributed by atoms with Gasteiger partial charge in [-0.3, -0.25) is 0 Å². The molecule has 22 heavy (non-hydrogen) atoms. The van der Waals surface area contributed by atoms with Gasteiger partial charge in [-0.1, -0.05) is 6.92 Å². The summed E-state index contributed by atoms with van der Waals surface area (Å²) in [4.78, 5) is 6.73. The van der Waals surface area contributed by atoms with Crippen molar-refractivity contribution in [1.82, 2.24) is 4.98 Å². The summed E-state index contributed by atoms with van der Waals surface area (Å²) < 4.78 is 6.03. The van der Waals surface area contributed by atoms with Crippen molar-refractivity contribution in [3.05, 3.63) is 47.5 Å². The molecule has 2 aromatic rings. The number of aromatic nitrogens is 1. The number of nitriles is 1. The molecular formula is C18H19N3O. The maximum absolute atomic E-state index is 8.89. The van der Waals surface area contributed by atoms with Gasteiger partial charge in [0, 0.05) is 18.2 Å². The molecule has 0 aromatic carbocycles. The van der Waals surface area contributed by atoms with Crippen LogP contribution in [0.2, 0.25) is 0 Å². The highest BCUT2D eigenvalue weighted by Gasteiger charge is 2.37. The summed E-state index contributed by atoms with van der Waals surface area (Å²) in [7, 11) is 0. The molecule has 2 aliphatic carbocycles. The molecule has 0 aliphatic heterocycles.